The zero-order valence-corrected chi connectivity index (χ0v) is 17.3. The lowest BCUT2D eigenvalue weighted by atomic mass is 9.99. The molecule has 2 saturated heterocycles. The second-order valence-corrected chi connectivity index (χ2v) is 8.39. The number of aryl methyl sites for hydroxylation is 2. The highest BCUT2D eigenvalue weighted by molar-refractivity contribution is 5.77. The molecule has 0 atom stereocenters. The minimum atomic E-state index is -0.255. The SMILES string of the molecule is Cn1cc(CCC(=O)N2CCC(N3CCCCC3)CC2)c(-c2ccc(F)cc2)n1. The standard InChI is InChI=1S/C23H31FN4O/c1-26-17-19(23(25-26)18-5-8-20(24)9-6-18)7-10-22(29)28-15-11-21(12-16-28)27-13-3-2-4-14-27/h5-6,8-9,17,21H,2-4,7,10-16H2,1H3. The molecule has 2 fully saturated rings. The minimum absolute atomic E-state index is 0.232. The van der Waals surface area contributed by atoms with Crippen LogP contribution in [0, 0.1) is 5.82 Å². The molecule has 156 valence electrons. The van der Waals surface area contributed by atoms with Crippen LogP contribution in [0.2, 0.25) is 0 Å². The number of aromatic nitrogens is 2. The average Bonchev–Trinajstić information content (AvgIpc) is 3.14. The van der Waals surface area contributed by atoms with Crippen LogP contribution in [0.4, 0.5) is 4.39 Å². The number of amides is 1. The number of hydrogen-bond donors (Lipinski definition) is 0. The number of nitrogens with zero attached hydrogens (tertiary/aromatic N) is 4. The maximum absolute atomic E-state index is 13.2. The minimum Gasteiger partial charge on any atom is -0.343 e. The van der Waals surface area contributed by atoms with Crippen LogP contribution >= 0.6 is 0 Å². The lowest BCUT2D eigenvalue weighted by Gasteiger charge is -2.40. The van der Waals surface area contributed by atoms with Gasteiger partial charge in [0.1, 0.15) is 5.82 Å². The molecule has 0 bridgehead atoms. The third-order valence-electron chi connectivity index (χ3n) is 6.35. The molecule has 0 unspecified atom stereocenters. The molecule has 1 aromatic heterocycles. The highest BCUT2D eigenvalue weighted by atomic mass is 19.1. The molecule has 3 heterocycles. The fraction of sp³-hybridized carbons (Fsp3) is 0.565. The van der Waals surface area contributed by atoms with E-state index in [4.69, 9.17) is 0 Å². The van der Waals surface area contributed by atoms with E-state index in [1.807, 2.05) is 18.1 Å². The molecule has 0 N–H and O–H groups in total. The van der Waals surface area contributed by atoms with Crippen molar-refractivity contribution in [2.45, 2.75) is 51.0 Å². The number of benzene rings is 1. The molecule has 0 spiro atoms. The van der Waals surface area contributed by atoms with Crippen LogP contribution in [0.5, 0.6) is 0 Å². The fourth-order valence-electron chi connectivity index (χ4n) is 4.73. The number of rotatable bonds is 5. The Hall–Kier alpha value is -2.21. The molecule has 6 heteroatoms. The van der Waals surface area contributed by atoms with Gasteiger partial charge in [-0.2, -0.15) is 5.10 Å². The van der Waals surface area contributed by atoms with Crippen LogP contribution < -0.4 is 0 Å². The number of hydrogen-bond acceptors (Lipinski definition) is 3. The molecule has 0 saturated carbocycles. The Morgan fingerprint density at radius 1 is 1.07 bits per heavy atom. The lowest BCUT2D eigenvalue weighted by molar-refractivity contribution is -0.132. The zero-order valence-electron chi connectivity index (χ0n) is 17.3. The van der Waals surface area contributed by atoms with Gasteiger partial charge in [-0.25, -0.2) is 4.39 Å². The summed E-state index contributed by atoms with van der Waals surface area (Å²) in [5.74, 6) is -0.0228. The van der Waals surface area contributed by atoms with E-state index in [0.29, 0.717) is 18.9 Å². The van der Waals surface area contributed by atoms with Crippen molar-refractivity contribution in [1.82, 2.24) is 19.6 Å². The van der Waals surface area contributed by atoms with E-state index in [2.05, 4.69) is 10.00 Å². The summed E-state index contributed by atoms with van der Waals surface area (Å²) in [6, 6.07) is 7.04. The van der Waals surface area contributed by atoms with Crippen LogP contribution in [0.3, 0.4) is 0 Å². The van der Waals surface area contributed by atoms with Gasteiger partial charge in [0.25, 0.3) is 0 Å². The van der Waals surface area contributed by atoms with Gasteiger partial charge in [-0.1, -0.05) is 6.42 Å². The van der Waals surface area contributed by atoms with Crippen molar-refractivity contribution in [2.75, 3.05) is 26.2 Å². The van der Waals surface area contributed by atoms with Gasteiger partial charge in [-0.05, 0) is 75.0 Å². The molecule has 1 aromatic carbocycles. The topological polar surface area (TPSA) is 41.4 Å². The Morgan fingerprint density at radius 2 is 1.76 bits per heavy atom. The predicted octanol–water partition coefficient (Wildman–Crippen LogP) is 3.64. The Labute approximate surface area is 172 Å². The first-order valence-electron chi connectivity index (χ1n) is 10.9. The van der Waals surface area contributed by atoms with E-state index < -0.39 is 0 Å². The van der Waals surface area contributed by atoms with Gasteiger partial charge in [0, 0.05) is 44.4 Å². The summed E-state index contributed by atoms with van der Waals surface area (Å²) in [7, 11) is 1.88. The summed E-state index contributed by atoms with van der Waals surface area (Å²) in [6.45, 7) is 4.20. The van der Waals surface area contributed by atoms with E-state index in [9.17, 15) is 9.18 Å². The molecular weight excluding hydrogens is 367 g/mol. The van der Waals surface area contributed by atoms with Crippen LogP contribution in [0.15, 0.2) is 30.5 Å². The van der Waals surface area contributed by atoms with Crippen molar-refractivity contribution in [3.05, 3.63) is 41.8 Å². The van der Waals surface area contributed by atoms with Gasteiger partial charge in [0.2, 0.25) is 5.91 Å². The van der Waals surface area contributed by atoms with Crippen LogP contribution in [0.1, 0.15) is 44.1 Å². The van der Waals surface area contributed by atoms with E-state index in [1.165, 1.54) is 44.5 Å². The molecule has 5 nitrogen and oxygen atoms in total. The van der Waals surface area contributed by atoms with E-state index in [1.54, 1.807) is 16.8 Å². The van der Waals surface area contributed by atoms with Crippen LogP contribution in [0.25, 0.3) is 11.3 Å². The summed E-state index contributed by atoms with van der Waals surface area (Å²) in [5, 5.41) is 4.53. The van der Waals surface area contributed by atoms with Crippen molar-refractivity contribution in [3.8, 4) is 11.3 Å². The van der Waals surface area contributed by atoms with Crippen molar-refractivity contribution < 1.29 is 9.18 Å². The molecule has 2 aliphatic rings. The average molecular weight is 399 g/mol. The first kappa shape index (κ1) is 20.1. The lowest BCUT2D eigenvalue weighted by Crippen LogP contribution is -2.48. The van der Waals surface area contributed by atoms with Gasteiger partial charge >= 0.3 is 0 Å². The number of halogens is 1. The molecular formula is C23H31FN4O. The molecule has 29 heavy (non-hydrogen) atoms. The molecule has 0 aliphatic carbocycles. The number of carbonyl (C=O) groups is 1. The van der Waals surface area contributed by atoms with Crippen molar-refractivity contribution in [2.24, 2.45) is 7.05 Å². The first-order valence-corrected chi connectivity index (χ1v) is 10.9. The number of likely N-dealkylation sites (tertiary alicyclic amines) is 2. The van der Waals surface area contributed by atoms with Gasteiger partial charge in [-0.3, -0.25) is 9.48 Å². The van der Waals surface area contributed by atoms with Crippen molar-refractivity contribution in [3.63, 3.8) is 0 Å². The summed E-state index contributed by atoms with van der Waals surface area (Å²) in [5.41, 5.74) is 2.76. The molecule has 4 rings (SSSR count). The summed E-state index contributed by atoms with van der Waals surface area (Å²) < 4.78 is 15.0. The Bertz CT molecular complexity index is 818. The Kier molecular flexibility index (Phi) is 6.28. The van der Waals surface area contributed by atoms with Crippen LogP contribution in [-0.2, 0) is 18.3 Å². The van der Waals surface area contributed by atoms with Crippen molar-refractivity contribution >= 4 is 5.91 Å². The van der Waals surface area contributed by atoms with Gasteiger partial charge < -0.3 is 9.80 Å². The fourth-order valence-corrected chi connectivity index (χ4v) is 4.73. The maximum atomic E-state index is 13.2. The van der Waals surface area contributed by atoms with Gasteiger partial charge in [0.05, 0.1) is 5.69 Å². The molecule has 2 aliphatic heterocycles. The van der Waals surface area contributed by atoms with E-state index >= 15 is 0 Å². The normalized spacial score (nSPS) is 18.9. The van der Waals surface area contributed by atoms with E-state index in [-0.39, 0.29) is 11.7 Å². The predicted molar refractivity (Wildman–Crippen MR) is 112 cm³/mol. The summed E-state index contributed by atoms with van der Waals surface area (Å²) in [4.78, 5) is 17.5. The second kappa shape index (κ2) is 9.08. The quantitative estimate of drug-likeness (QED) is 0.772. The zero-order chi connectivity index (χ0) is 20.2. The van der Waals surface area contributed by atoms with Gasteiger partial charge in [-0.15, -0.1) is 0 Å². The summed E-state index contributed by atoms with van der Waals surface area (Å²) in [6.07, 6.45) is 9.32. The molecule has 0 radical (unpaired) electrons. The highest BCUT2D eigenvalue weighted by Gasteiger charge is 2.27. The third-order valence-corrected chi connectivity index (χ3v) is 6.35. The van der Waals surface area contributed by atoms with Crippen LogP contribution in [-0.4, -0.2) is 57.7 Å². The smallest absolute Gasteiger partial charge is 0.222 e. The largest absolute Gasteiger partial charge is 0.343 e. The number of piperidine rings is 2. The Morgan fingerprint density at radius 3 is 2.45 bits per heavy atom. The van der Waals surface area contributed by atoms with Crippen molar-refractivity contribution in [1.29, 1.82) is 0 Å². The monoisotopic (exact) mass is 398 g/mol. The van der Waals surface area contributed by atoms with E-state index in [0.717, 1.165) is 42.8 Å². The van der Waals surface area contributed by atoms with Gasteiger partial charge in [0.15, 0.2) is 0 Å². The number of carbonyl (C=O) groups excluding carboxylic acids is 1. The third kappa shape index (κ3) is 4.86. The molecule has 2 aromatic rings. The maximum Gasteiger partial charge on any atom is 0.222 e. The second-order valence-electron chi connectivity index (χ2n) is 8.39. The molecule has 1 amide bonds. The summed E-state index contributed by atoms with van der Waals surface area (Å²) >= 11 is 0. The Balaban J connectivity index is 1.32. The highest BCUT2D eigenvalue weighted by Crippen LogP contribution is 2.25. The first-order chi connectivity index (χ1) is 14.1.